The lowest BCUT2D eigenvalue weighted by atomic mass is 10.1. The molecule has 1 amide bonds. The van der Waals surface area contributed by atoms with Crippen LogP contribution in [0.4, 0.5) is 17.3 Å². The number of furan rings is 1. The number of carbonyl (C=O) groups excluding carboxylic acids is 1. The van der Waals surface area contributed by atoms with Crippen LogP contribution >= 0.6 is 11.1 Å². The maximum absolute atomic E-state index is 12.4. The zero-order valence-electron chi connectivity index (χ0n) is 18.3. The number of nitrogens with one attached hydrogen (secondary N) is 1. The second kappa shape index (κ2) is 9.06. The summed E-state index contributed by atoms with van der Waals surface area (Å²) in [5, 5.41) is 15.9. The van der Waals surface area contributed by atoms with Crippen LogP contribution in [-0.4, -0.2) is 43.3 Å². The van der Waals surface area contributed by atoms with E-state index in [0.29, 0.717) is 12.2 Å². The van der Waals surface area contributed by atoms with Gasteiger partial charge in [0.15, 0.2) is 16.9 Å². The molecule has 2 aromatic carbocycles. The van der Waals surface area contributed by atoms with Crippen LogP contribution in [0.15, 0.2) is 52.9 Å². The fraction of sp³-hybridized carbons (Fsp3) is 0.227. The van der Waals surface area contributed by atoms with Crippen molar-refractivity contribution in [1.29, 1.82) is 0 Å². The molecule has 2 atom stereocenters. The second-order valence-corrected chi connectivity index (χ2v) is 8.45. The van der Waals surface area contributed by atoms with Gasteiger partial charge < -0.3 is 24.3 Å². The summed E-state index contributed by atoms with van der Waals surface area (Å²) in [6, 6.07) is 13.9. The number of aromatic hydroxyl groups is 1. The zero-order valence-corrected chi connectivity index (χ0v) is 19.2. The van der Waals surface area contributed by atoms with E-state index in [1.807, 2.05) is 37.3 Å². The second-order valence-electron chi connectivity index (χ2n) is 7.62. The molecule has 10 nitrogen and oxygen atoms in total. The molecule has 172 valence electrons. The first-order valence-corrected chi connectivity index (χ1v) is 11.3. The van der Waals surface area contributed by atoms with E-state index >= 15 is 0 Å². The van der Waals surface area contributed by atoms with Crippen LogP contribution in [-0.2, 0) is 0 Å². The molecular formula is C22H24N6O4S. The molecule has 0 aliphatic rings. The van der Waals surface area contributed by atoms with Crippen LogP contribution in [0.25, 0.3) is 11.0 Å². The molecule has 0 aliphatic heterocycles. The Kier molecular flexibility index (Phi) is 6.18. The molecular weight excluding hydrogens is 444 g/mol. The van der Waals surface area contributed by atoms with Gasteiger partial charge in [-0.25, -0.2) is 5.84 Å². The van der Waals surface area contributed by atoms with E-state index in [4.69, 9.17) is 10.3 Å². The molecule has 0 aliphatic carbocycles. The van der Waals surface area contributed by atoms with Gasteiger partial charge in [0.25, 0.3) is 11.7 Å². The highest BCUT2D eigenvalue weighted by atomic mass is 32.2. The van der Waals surface area contributed by atoms with Crippen molar-refractivity contribution in [2.75, 3.05) is 24.4 Å². The maximum Gasteiger partial charge on any atom is 0.257 e. The van der Waals surface area contributed by atoms with Crippen LogP contribution in [0.3, 0.4) is 0 Å². The Bertz CT molecular complexity index is 1270. The minimum atomic E-state index is -1.89. The highest BCUT2D eigenvalue weighted by Crippen LogP contribution is 2.38. The van der Waals surface area contributed by atoms with Crippen molar-refractivity contribution in [3.05, 3.63) is 59.9 Å². The third-order valence-electron chi connectivity index (χ3n) is 5.19. The lowest BCUT2D eigenvalue weighted by molar-refractivity contribution is 0.0824. The molecule has 1 unspecified atom stereocenters. The number of nitrogens with two attached hydrogens (primary N) is 1. The maximum atomic E-state index is 12.4. The molecule has 0 bridgehead atoms. The van der Waals surface area contributed by atoms with Gasteiger partial charge in [0.05, 0.1) is 11.6 Å². The quantitative estimate of drug-likeness (QED) is 0.209. The highest BCUT2D eigenvalue weighted by molar-refractivity contribution is 7.14. The predicted molar refractivity (Wildman–Crippen MR) is 126 cm³/mol. The minimum Gasteiger partial charge on any atom is -0.546 e. The topological polar surface area (TPSA) is 144 Å². The van der Waals surface area contributed by atoms with Gasteiger partial charge in [-0.15, -0.1) is 0 Å². The standard InChI is InChI=1S/C22H24N6O4S/c1-4-15(18-12-13-8-5-6-11-17(13)32-18)24-20-21(26-33(31)25-20)28(23)16-10-7-9-14(19(16)29)22(30)27(2)3/h5-12,15,29H,4,23H2,1-3H3,(H,24,25)/t15-,33?/m1/s1. The molecule has 0 spiro atoms. The molecule has 4 N–H and O–H groups in total. The van der Waals surface area contributed by atoms with E-state index in [0.717, 1.165) is 16.0 Å². The third-order valence-corrected chi connectivity index (χ3v) is 5.86. The fourth-order valence-electron chi connectivity index (χ4n) is 3.47. The Morgan fingerprint density at radius 2 is 2.00 bits per heavy atom. The third kappa shape index (κ3) is 4.33. The van der Waals surface area contributed by atoms with Crippen molar-refractivity contribution in [3.63, 3.8) is 0 Å². The minimum absolute atomic E-state index is 0.0626. The van der Waals surface area contributed by atoms with E-state index in [1.54, 1.807) is 20.2 Å². The van der Waals surface area contributed by atoms with Crippen LogP contribution in [0.5, 0.6) is 5.75 Å². The highest BCUT2D eigenvalue weighted by Gasteiger charge is 2.28. The summed E-state index contributed by atoms with van der Waals surface area (Å²) in [6.07, 6.45) is 0.640. The molecule has 0 fully saturated rings. The Morgan fingerprint density at radius 1 is 1.24 bits per heavy atom. The van der Waals surface area contributed by atoms with E-state index in [1.165, 1.54) is 17.0 Å². The molecule has 2 aromatic heterocycles. The number of phenols is 1. The Labute approximate surface area is 193 Å². The zero-order chi connectivity index (χ0) is 23.7. The number of amides is 1. The number of hydrogen-bond acceptors (Lipinski definition) is 9. The lowest BCUT2D eigenvalue weighted by Crippen LogP contribution is -2.28. The Hall–Kier alpha value is -3.67. The first-order chi connectivity index (χ1) is 15.8. The lowest BCUT2D eigenvalue weighted by Gasteiger charge is -2.20. The summed E-state index contributed by atoms with van der Waals surface area (Å²) in [4.78, 5) is 13.7. The van der Waals surface area contributed by atoms with Gasteiger partial charge in [0.2, 0.25) is 5.82 Å². The number of nitrogens with zero attached hydrogens (tertiary/aromatic N) is 4. The number of hydrogen-bond donors (Lipinski definition) is 3. The SMILES string of the molecule is CC[C@@H](Nc1n[s+]([O-])nc1N(N)c1cccc(C(=O)N(C)C)c1O)c1cc2ccccc2o1. The average Bonchev–Trinajstić information content (AvgIpc) is 3.39. The van der Waals surface area contributed by atoms with Gasteiger partial charge in [0.1, 0.15) is 17.0 Å². The molecule has 0 radical (unpaired) electrons. The largest absolute Gasteiger partial charge is 0.546 e. The first kappa shape index (κ1) is 22.5. The van der Waals surface area contributed by atoms with Crippen molar-refractivity contribution in [2.24, 2.45) is 5.84 Å². The van der Waals surface area contributed by atoms with Crippen LogP contribution in [0.2, 0.25) is 0 Å². The Balaban J connectivity index is 1.67. The number of phenolic OH excluding ortho intramolecular Hbond substituents is 1. The molecule has 0 saturated heterocycles. The summed E-state index contributed by atoms with van der Waals surface area (Å²) in [5.74, 6) is 6.48. The van der Waals surface area contributed by atoms with Crippen LogP contribution in [0, 0.1) is 0 Å². The van der Waals surface area contributed by atoms with E-state index in [-0.39, 0.29) is 40.6 Å². The number of hydrazine groups is 1. The number of benzene rings is 2. The van der Waals surface area contributed by atoms with Crippen molar-refractivity contribution in [2.45, 2.75) is 19.4 Å². The summed E-state index contributed by atoms with van der Waals surface area (Å²) in [7, 11) is 3.16. The van der Waals surface area contributed by atoms with E-state index in [9.17, 15) is 14.5 Å². The molecule has 0 saturated carbocycles. The average molecular weight is 469 g/mol. The Morgan fingerprint density at radius 3 is 2.70 bits per heavy atom. The van der Waals surface area contributed by atoms with E-state index in [2.05, 4.69) is 14.1 Å². The monoisotopic (exact) mass is 468 g/mol. The summed E-state index contributed by atoms with van der Waals surface area (Å²) >= 11 is -1.89. The molecule has 11 heteroatoms. The smallest absolute Gasteiger partial charge is 0.257 e. The van der Waals surface area contributed by atoms with Crippen molar-refractivity contribution >= 4 is 45.3 Å². The molecule has 2 heterocycles. The number of aromatic nitrogens is 2. The van der Waals surface area contributed by atoms with Crippen LogP contribution in [0.1, 0.15) is 35.5 Å². The van der Waals surface area contributed by atoms with Crippen molar-refractivity contribution in [3.8, 4) is 5.75 Å². The van der Waals surface area contributed by atoms with Crippen LogP contribution < -0.4 is 16.2 Å². The van der Waals surface area contributed by atoms with Gasteiger partial charge in [-0.1, -0.05) is 31.2 Å². The summed E-state index contributed by atoms with van der Waals surface area (Å²) < 4.78 is 26.2. The van der Waals surface area contributed by atoms with Gasteiger partial charge in [0, 0.05) is 28.2 Å². The first-order valence-electron chi connectivity index (χ1n) is 10.2. The number of para-hydroxylation sites is 2. The van der Waals surface area contributed by atoms with Gasteiger partial charge >= 0.3 is 0 Å². The van der Waals surface area contributed by atoms with E-state index < -0.39 is 11.1 Å². The predicted octanol–water partition coefficient (Wildman–Crippen LogP) is 3.93. The molecule has 33 heavy (non-hydrogen) atoms. The fourth-order valence-corrected chi connectivity index (χ4v) is 4.13. The number of rotatable bonds is 7. The number of fused-ring (bicyclic) bond motifs is 1. The van der Waals surface area contributed by atoms with Gasteiger partial charge in [-0.3, -0.25) is 9.80 Å². The summed E-state index contributed by atoms with van der Waals surface area (Å²) in [6.45, 7) is 1.97. The molecule has 4 aromatic rings. The van der Waals surface area contributed by atoms with Gasteiger partial charge in [-0.2, -0.15) is 0 Å². The van der Waals surface area contributed by atoms with Crippen molar-refractivity contribution in [1.82, 2.24) is 13.6 Å². The number of anilines is 3. The molecule has 4 rings (SSSR count). The normalized spacial score (nSPS) is 12.6. The van der Waals surface area contributed by atoms with Gasteiger partial charge in [-0.05, 0) is 30.7 Å². The van der Waals surface area contributed by atoms with Crippen molar-refractivity contribution < 1.29 is 18.9 Å². The summed E-state index contributed by atoms with van der Waals surface area (Å²) in [5.41, 5.74) is 0.950. The number of carbonyl (C=O) groups is 1.